The van der Waals surface area contributed by atoms with Crippen molar-refractivity contribution in [3.05, 3.63) is 110 Å². The van der Waals surface area contributed by atoms with Crippen LogP contribution in [0, 0.1) is 0 Å². The van der Waals surface area contributed by atoms with E-state index in [2.05, 4.69) is 15.6 Å². The Morgan fingerprint density at radius 1 is 1.00 bits per heavy atom. The third-order valence-electron chi connectivity index (χ3n) is 5.88. The van der Waals surface area contributed by atoms with E-state index >= 15 is 0 Å². The first-order valence-electron chi connectivity index (χ1n) is 11.9. The highest BCUT2D eigenvalue weighted by Gasteiger charge is 2.25. The minimum Gasteiger partial charge on any atom is -0.351 e. The van der Waals surface area contributed by atoms with Gasteiger partial charge in [-0.25, -0.2) is 0 Å². The Bertz CT molecular complexity index is 1370. The molecule has 37 heavy (non-hydrogen) atoms. The highest BCUT2D eigenvalue weighted by Crippen LogP contribution is 2.22. The highest BCUT2D eigenvalue weighted by molar-refractivity contribution is 8.13. The van der Waals surface area contributed by atoms with E-state index in [-0.39, 0.29) is 29.5 Å². The van der Waals surface area contributed by atoms with Crippen molar-refractivity contribution >= 4 is 46.4 Å². The Balaban J connectivity index is 1.46. The molecule has 2 amide bonds. The van der Waals surface area contributed by atoms with Gasteiger partial charge in [-0.05, 0) is 60.4 Å². The highest BCUT2D eigenvalue weighted by atomic mass is 35.5. The predicted octanol–water partition coefficient (Wildman–Crippen LogP) is 4.02. The smallest absolute Gasteiger partial charge is 0.251 e. The lowest BCUT2D eigenvalue weighted by Crippen LogP contribution is -2.42. The van der Waals surface area contributed by atoms with Crippen LogP contribution in [0.4, 0.5) is 0 Å². The minimum atomic E-state index is -0.876. The maximum Gasteiger partial charge on any atom is 0.251 e. The van der Waals surface area contributed by atoms with Gasteiger partial charge in [-0.2, -0.15) is 0 Å². The van der Waals surface area contributed by atoms with Gasteiger partial charge in [0, 0.05) is 46.6 Å². The van der Waals surface area contributed by atoms with Crippen molar-refractivity contribution < 1.29 is 14.4 Å². The first-order valence-corrected chi connectivity index (χ1v) is 13.2. The molecule has 1 aliphatic carbocycles. The maximum atomic E-state index is 13.2. The summed E-state index contributed by atoms with van der Waals surface area (Å²) in [7, 11) is 0. The summed E-state index contributed by atoms with van der Waals surface area (Å²) >= 11 is 6.97. The standard InChI is InChI=1S/C28H26ClN3O4S/c29-21-12-10-19(11-13-21)27(35)32-24(16-20-17-25(33)31-23-9-5-4-8-22(20)23)28(36)37-15-14-30-26(34)18-6-2-1-3-7-18/h1-4,6-8,10-13,17,24H,5,9,14-16H2,(H,30,34)(H,31,33)(H,32,35). The summed E-state index contributed by atoms with van der Waals surface area (Å²) in [6.45, 7) is 0.283. The molecule has 1 aliphatic rings. The molecule has 9 heteroatoms. The van der Waals surface area contributed by atoms with E-state index in [9.17, 15) is 19.2 Å². The van der Waals surface area contributed by atoms with Crippen molar-refractivity contribution in [1.29, 1.82) is 0 Å². The summed E-state index contributed by atoms with van der Waals surface area (Å²) in [6, 6.07) is 15.8. The Labute approximate surface area is 223 Å². The fourth-order valence-corrected chi connectivity index (χ4v) is 4.92. The lowest BCUT2D eigenvalue weighted by Gasteiger charge is -2.20. The van der Waals surface area contributed by atoms with E-state index < -0.39 is 11.9 Å². The molecule has 0 fully saturated rings. The van der Waals surface area contributed by atoms with E-state index in [1.807, 2.05) is 18.2 Å². The molecule has 1 atom stereocenters. The van der Waals surface area contributed by atoms with Crippen LogP contribution < -0.4 is 16.2 Å². The maximum absolute atomic E-state index is 13.2. The van der Waals surface area contributed by atoms with Gasteiger partial charge in [0.15, 0.2) is 0 Å². The number of aryl methyl sites for hydroxylation is 1. The number of aromatic nitrogens is 1. The molecule has 1 unspecified atom stereocenters. The van der Waals surface area contributed by atoms with Crippen LogP contribution in [-0.2, 0) is 17.6 Å². The largest absolute Gasteiger partial charge is 0.351 e. The normalized spacial score (nSPS) is 12.9. The molecule has 7 nitrogen and oxygen atoms in total. The fraction of sp³-hybridized carbons (Fsp3) is 0.214. The summed E-state index contributed by atoms with van der Waals surface area (Å²) in [4.78, 5) is 53.6. The van der Waals surface area contributed by atoms with Gasteiger partial charge < -0.3 is 15.6 Å². The van der Waals surface area contributed by atoms with Gasteiger partial charge in [0.25, 0.3) is 11.8 Å². The third kappa shape index (κ3) is 7.21. The first-order chi connectivity index (χ1) is 17.9. The molecule has 3 N–H and O–H groups in total. The Hall–Kier alpha value is -3.62. The van der Waals surface area contributed by atoms with Crippen molar-refractivity contribution in [2.75, 3.05) is 12.3 Å². The number of halogens is 1. The molecule has 0 saturated heterocycles. The fourth-order valence-electron chi connectivity index (χ4n) is 4.05. The zero-order valence-electron chi connectivity index (χ0n) is 20.0. The number of allylic oxidation sites excluding steroid dienone is 1. The van der Waals surface area contributed by atoms with Crippen molar-refractivity contribution in [2.45, 2.75) is 25.3 Å². The number of pyridine rings is 1. The van der Waals surface area contributed by atoms with Crippen LogP contribution in [0.3, 0.4) is 0 Å². The summed E-state index contributed by atoms with van der Waals surface area (Å²) in [5, 5.41) is 5.86. The summed E-state index contributed by atoms with van der Waals surface area (Å²) < 4.78 is 0. The van der Waals surface area contributed by atoms with E-state index in [4.69, 9.17) is 11.6 Å². The summed E-state index contributed by atoms with van der Waals surface area (Å²) in [5.74, 6) is -0.302. The van der Waals surface area contributed by atoms with E-state index in [0.717, 1.165) is 29.4 Å². The molecule has 0 aliphatic heterocycles. The number of hydrogen-bond acceptors (Lipinski definition) is 5. The van der Waals surface area contributed by atoms with E-state index in [0.29, 0.717) is 33.9 Å². The molecule has 0 saturated carbocycles. The number of aromatic amines is 1. The molecule has 0 bridgehead atoms. The quantitative estimate of drug-likeness (QED) is 0.359. The molecule has 190 valence electrons. The van der Waals surface area contributed by atoms with Gasteiger partial charge in [0.2, 0.25) is 10.7 Å². The molecule has 2 aromatic carbocycles. The van der Waals surface area contributed by atoms with Gasteiger partial charge in [0.1, 0.15) is 6.04 Å². The van der Waals surface area contributed by atoms with Crippen molar-refractivity contribution in [1.82, 2.24) is 15.6 Å². The van der Waals surface area contributed by atoms with Crippen molar-refractivity contribution in [3.8, 4) is 0 Å². The molecular formula is C28H26ClN3O4S. The minimum absolute atomic E-state index is 0.165. The average Bonchev–Trinajstić information content (AvgIpc) is 2.91. The van der Waals surface area contributed by atoms with E-state index in [1.165, 1.54) is 6.07 Å². The number of benzene rings is 2. The number of nitrogens with one attached hydrogen (secondary N) is 3. The number of thioether (sulfide) groups is 1. The van der Waals surface area contributed by atoms with Crippen LogP contribution >= 0.6 is 23.4 Å². The monoisotopic (exact) mass is 535 g/mol. The summed E-state index contributed by atoms with van der Waals surface area (Å²) in [6.07, 6.45) is 5.67. The van der Waals surface area contributed by atoms with Crippen LogP contribution in [0.5, 0.6) is 0 Å². The molecule has 1 aromatic heterocycles. The van der Waals surface area contributed by atoms with Crippen LogP contribution in [0.2, 0.25) is 5.02 Å². The van der Waals surface area contributed by atoms with Gasteiger partial charge >= 0.3 is 0 Å². The second-order valence-corrected chi connectivity index (χ2v) is 10.1. The van der Waals surface area contributed by atoms with Crippen LogP contribution in [0.15, 0.2) is 71.5 Å². The number of H-pyrrole nitrogens is 1. The number of hydrogen-bond donors (Lipinski definition) is 3. The van der Waals surface area contributed by atoms with Crippen molar-refractivity contribution in [2.24, 2.45) is 0 Å². The zero-order chi connectivity index (χ0) is 26.2. The topological polar surface area (TPSA) is 108 Å². The number of fused-ring (bicyclic) bond motifs is 1. The SMILES string of the molecule is O=C(NCCSC(=O)C(Cc1cc(=O)[nH]c2c1C=CCC2)NC(=O)c1ccc(Cl)cc1)c1ccccc1. The zero-order valence-corrected chi connectivity index (χ0v) is 21.5. The molecule has 0 spiro atoms. The van der Waals surface area contributed by atoms with Crippen molar-refractivity contribution in [3.63, 3.8) is 0 Å². The number of carbonyl (C=O) groups is 3. The van der Waals surface area contributed by atoms with Crippen LogP contribution in [-0.4, -0.2) is 40.3 Å². The Morgan fingerprint density at radius 3 is 2.49 bits per heavy atom. The Morgan fingerprint density at radius 2 is 1.73 bits per heavy atom. The molecule has 4 rings (SSSR count). The lowest BCUT2D eigenvalue weighted by atomic mass is 9.94. The predicted molar refractivity (Wildman–Crippen MR) is 147 cm³/mol. The lowest BCUT2D eigenvalue weighted by molar-refractivity contribution is -0.112. The molecular weight excluding hydrogens is 510 g/mol. The second kappa shape index (κ2) is 12.6. The molecule has 0 radical (unpaired) electrons. The Kier molecular flexibility index (Phi) is 8.98. The number of rotatable bonds is 9. The van der Waals surface area contributed by atoms with Gasteiger partial charge in [-0.3, -0.25) is 19.2 Å². The first kappa shape index (κ1) is 26.4. The van der Waals surface area contributed by atoms with Gasteiger partial charge in [-0.15, -0.1) is 0 Å². The number of amides is 2. The second-order valence-electron chi connectivity index (χ2n) is 8.52. The molecule has 3 aromatic rings. The number of carbonyl (C=O) groups excluding carboxylic acids is 3. The third-order valence-corrected chi connectivity index (χ3v) is 7.11. The van der Waals surface area contributed by atoms with Gasteiger partial charge in [-0.1, -0.05) is 53.7 Å². The van der Waals surface area contributed by atoms with Crippen LogP contribution in [0.1, 0.15) is 44.0 Å². The summed E-state index contributed by atoms with van der Waals surface area (Å²) in [5.41, 5.74) is 3.08. The van der Waals surface area contributed by atoms with Crippen LogP contribution in [0.25, 0.3) is 6.08 Å². The average molecular weight is 536 g/mol. The van der Waals surface area contributed by atoms with E-state index in [1.54, 1.807) is 48.5 Å². The molecule has 1 heterocycles. The van der Waals surface area contributed by atoms with Gasteiger partial charge in [0.05, 0.1) is 0 Å².